The first-order valence-corrected chi connectivity index (χ1v) is 13.4. The molecule has 4 rings (SSSR count). The molecule has 1 N–H and O–H groups in total. The zero-order chi connectivity index (χ0) is 25.7. The van der Waals surface area contributed by atoms with E-state index in [4.69, 9.17) is 14.2 Å². The molecular weight excluding hydrogens is 512 g/mol. The van der Waals surface area contributed by atoms with Crippen molar-refractivity contribution >= 4 is 33.4 Å². The Morgan fingerprint density at radius 2 is 1.68 bits per heavy atom. The molecule has 0 unspecified atom stereocenters. The highest BCUT2D eigenvalue weighted by Crippen LogP contribution is 2.34. The number of sulfone groups is 1. The lowest BCUT2D eigenvalue weighted by Crippen LogP contribution is -2.08. The van der Waals surface area contributed by atoms with Crippen LogP contribution < -0.4 is 19.5 Å². The van der Waals surface area contributed by atoms with E-state index in [0.717, 1.165) is 17.7 Å². The normalized spacial score (nSPS) is 11.3. The van der Waals surface area contributed by atoms with Gasteiger partial charge in [-0.25, -0.2) is 8.42 Å². The number of hydrogen-bond acceptors (Lipinski definition) is 6. The second-order valence-electron chi connectivity index (χ2n) is 8.73. The first-order chi connectivity index (χ1) is 17.3. The molecule has 0 atom stereocenters. The minimum Gasteiger partial charge on any atom is -0.494 e. The quantitative estimate of drug-likeness (QED) is 0.226. The fourth-order valence-electron chi connectivity index (χ4n) is 4.10. The minimum absolute atomic E-state index is 0. The Bertz CT molecular complexity index is 1430. The molecule has 2 heterocycles. The number of hydrogen-bond donors (Lipinski definition) is 1. The number of nitrogens with zero attached hydrogens (tertiary/aromatic N) is 1. The van der Waals surface area contributed by atoms with Crippen LogP contribution in [0, 0.1) is 0 Å². The summed E-state index contributed by atoms with van der Waals surface area (Å²) in [5, 5.41) is 3.33. The predicted molar refractivity (Wildman–Crippen MR) is 149 cm³/mol. The van der Waals surface area contributed by atoms with Crippen LogP contribution in [0.25, 0.3) is 5.52 Å². The van der Waals surface area contributed by atoms with Crippen LogP contribution in [-0.2, 0) is 9.84 Å². The maximum Gasteiger partial charge on any atom is 0.209 e. The molecule has 198 valence electrons. The van der Waals surface area contributed by atoms with Crippen LogP contribution in [0.4, 0.5) is 5.69 Å². The molecule has 0 aliphatic heterocycles. The van der Waals surface area contributed by atoms with E-state index < -0.39 is 9.84 Å². The van der Waals surface area contributed by atoms with Crippen molar-refractivity contribution in [3.63, 3.8) is 0 Å². The third-order valence-corrected chi connectivity index (χ3v) is 7.87. The van der Waals surface area contributed by atoms with E-state index in [1.807, 2.05) is 67.0 Å². The second kappa shape index (κ2) is 12.3. The lowest BCUT2D eigenvalue weighted by atomic mass is 10.1. The van der Waals surface area contributed by atoms with Crippen LogP contribution in [0.5, 0.6) is 17.2 Å². The Morgan fingerprint density at radius 3 is 2.35 bits per heavy atom. The van der Waals surface area contributed by atoms with Gasteiger partial charge in [-0.05, 0) is 66.4 Å². The van der Waals surface area contributed by atoms with E-state index >= 15 is 0 Å². The number of pyridine rings is 1. The van der Waals surface area contributed by atoms with Crippen molar-refractivity contribution in [2.24, 2.45) is 0 Å². The maximum atomic E-state index is 13.6. The maximum absolute atomic E-state index is 13.6. The van der Waals surface area contributed by atoms with Gasteiger partial charge in [-0.1, -0.05) is 19.9 Å². The molecular formula is C28H33ClN2O5S. The SMILES string of the molecule is COc1ccc(NCCCOc2ccc(S(=O)(=O)c3c(C(C)C)cn4ccccc34)cc2)cc1OC.Cl. The number of methoxy groups -OCH3 is 2. The highest BCUT2D eigenvalue weighted by molar-refractivity contribution is 7.91. The van der Waals surface area contributed by atoms with Gasteiger partial charge in [0.05, 0.1) is 31.2 Å². The molecule has 0 bridgehead atoms. The molecule has 0 saturated carbocycles. The minimum atomic E-state index is -3.69. The highest BCUT2D eigenvalue weighted by Gasteiger charge is 2.27. The molecule has 0 aliphatic carbocycles. The van der Waals surface area contributed by atoms with Gasteiger partial charge in [0.2, 0.25) is 9.84 Å². The van der Waals surface area contributed by atoms with Crippen molar-refractivity contribution < 1.29 is 22.6 Å². The van der Waals surface area contributed by atoms with Crippen LogP contribution >= 0.6 is 12.4 Å². The number of benzene rings is 2. The molecule has 7 nitrogen and oxygen atoms in total. The van der Waals surface area contributed by atoms with E-state index in [2.05, 4.69) is 5.32 Å². The first kappa shape index (κ1) is 28.2. The topological polar surface area (TPSA) is 78.3 Å². The fourth-order valence-corrected chi connectivity index (χ4v) is 5.87. The zero-order valence-corrected chi connectivity index (χ0v) is 23.1. The Kier molecular flexibility index (Phi) is 9.34. The Labute approximate surface area is 224 Å². The number of ether oxygens (including phenoxy) is 3. The lowest BCUT2D eigenvalue weighted by Gasteiger charge is -2.12. The monoisotopic (exact) mass is 544 g/mol. The Morgan fingerprint density at radius 1 is 0.946 bits per heavy atom. The van der Waals surface area contributed by atoms with Crippen molar-refractivity contribution in [1.29, 1.82) is 0 Å². The lowest BCUT2D eigenvalue weighted by molar-refractivity contribution is 0.315. The van der Waals surface area contributed by atoms with E-state index in [9.17, 15) is 8.42 Å². The zero-order valence-electron chi connectivity index (χ0n) is 21.4. The predicted octanol–water partition coefficient (Wildman–Crippen LogP) is 6.22. The number of anilines is 1. The van der Waals surface area contributed by atoms with E-state index in [1.165, 1.54) is 0 Å². The summed E-state index contributed by atoms with van der Waals surface area (Å²) in [5.74, 6) is 2.06. The largest absolute Gasteiger partial charge is 0.494 e. The fraction of sp³-hybridized carbons (Fsp3) is 0.286. The molecule has 0 aliphatic rings. The van der Waals surface area contributed by atoms with Crippen molar-refractivity contribution in [2.45, 2.75) is 36.0 Å². The summed E-state index contributed by atoms with van der Waals surface area (Å²) in [6.07, 6.45) is 4.54. The van der Waals surface area contributed by atoms with E-state index in [-0.39, 0.29) is 23.2 Å². The summed E-state index contributed by atoms with van der Waals surface area (Å²) in [6, 6.07) is 17.9. The molecule has 0 saturated heterocycles. The highest BCUT2D eigenvalue weighted by atomic mass is 35.5. The van der Waals surface area contributed by atoms with Crippen LogP contribution in [-0.4, -0.2) is 40.2 Å². The molecule has 37 heavy (non-hydrogen) atoms. The standard InChI is InChI=1S/C28H32N2O5S.ClH/c1-20(2)24-19-30-16-6-5-8-25(30)28(24)36(31,32)23-12-10-22(11-13-23)35-17-7-15-29-21-9-14-26(33-3)27(18-21)34-4;/h5-6,8-14,16,18-20,29H,7,15,17H2,1-4H3;1H. The molecule has 4 aromatic rings. The van der Waals surface area contributed by atoms with E-state index in [0.29, 0.717) is 40.8 Å². The number of halogens is 1. The summed E-state index contributed by atoms with van der Waals surface area (Å²) in [7, 11) is -0.476. The van der Waals surface area contributed by atoms with Gasteiger partial charge >= 0.3 is 0 Å². The van der Waals surface area contributed by atoms with Gasteiger partial charge in [-0.15, -0.1) is 12.4 Å². The second-order valence-corrected chi connectivity index (χ2v) is 10.6. The molecule has 0 fully saturated rings. The van der Waals surface area contributed by atoms with Crippen molar-refractivity contribution in [3.8, 4) is 17.2 Å². The van der Waals surface area contributed by atoms with Crippen molar-refractivity contribution in [3.05, 3.63) is 78.6 Å². The molecule has 2 aromatic heterocycles. The third-order valence-electron chi connectivity index (χ3n) is 5.99. The molecule has 0 spiro atoms. The summed E-state index contributed by atoms with van der Waals surface area (Å²) in [5.41, 5.74) is 2.42. The molecule has 2 aromatic carbocycles. The smallest absolute Gasteiger partial charge is 0.209 e. The van der Waals surface area contributed by atoms with Gasteiger partial charge in [0.15, 0.2) is 11.5 Å². The van der Waals surface area contributed by atoms with E-state index in [1.54, 1.807) is 38.5 Å². The average molecular weight is 545 g/mol. The molecule has 9 heteroatoms. The van der Waals surface area contributed by atoms with Gasteiger partial charge in [0.1, 0.15) is 10.6 Å². The van der Waals surface area contributed by atoms with Gasteiger partial charge in [-0.3, -0.25) is 0 Å². The average Bonchev–Trinajstić information content (AvgIpc) is 3.30. The van der Waals surface area contributed by atoms with Crippen LogP contribution in [0.15, 0.2) is 82.8 Å². The molecule has 0 amide bonds. The van der Waals surface area contributed by atoms with Crippen LogP contribution in [0.2, 0.25) is 0 Å². The summed E-state index contributed by atoms with van der Waals surface area (Å²) in [6.45, 7) is 5.21. The van der Waals surface area contributed by atoms with Crippen LogP contribution in [0.1, 0.15) is 31.7 Å². The summed E-state index contributed by atoms with van der Waals surface area (Å²) >= 11 is 0. The number of nitrogens with one attached hydrogen (secondary N) is 1. The van der Waals surface area contributed by atoms with Gasteiger partial charge < -0.3 is 23.9 Å². The first-order valence-electron chi connectivity index (χ1n) is 11.9. The number of rotatable bonds is 11. The Hall–Kier alpha value is -3.36. The number of fused-ring (bicyclic) bond motifs is 1. The van der Waals surface area contributed by atoms with Crippen molar-refractivity contribution in [1.82, 2.24) is 4.40 Å². The summed E-state index contributed by atoms with van der Waals surface area (Å²) in [4.78, 5) is 0.622. The van der Waals surface area contributed by atoms with Crippen LogP contribution in [0.3, 0.4) is 0 Å². The van der Waals surface area contributed by atoms with Gasteiger partial charge in [-0.2, -0.15) is 0 Å². The Balaban J connectivity index is 0.00000380. The van der Waals surface area contributed by atoms with Gasteiger partial charge in [0, 0.05) is 30.7 Å². The summed E-state index contributed by atoms with van der Waals surface area (Å²) < 4.78 is 45.5. The number of aromatic nitrogens is 1. The molecule has 0 radical (unpaired) electrons. The third kappa shape index (κ3) is 6.14. The van der Waals surface area contributed by atoms with Crippen molar-refractivity contribution in [2.75, 3.05) is 32.7 Å². The van der Waals surface area contributed by atoms with Gasteiger partial charge in [0.25, 0.3) is 0 Å².